The summed E-state index contributed by atoms with van der Waals surface area (Å²) in [6.07, 6.45) is 6.16. The Labute approximate surface area is 147 Å². The van der Waals surface area contributed by atoms with Gasteiger partial charge in [-0.25, -0.2) is 4.98 Å². The van der Waals surface area contributed by atoms with Crippen molar-refractivity contribution in [1.82, 2.24) is 20.2 Å². The third-order valence-corrected chi connectivity index (χ3v) is 3.99. The number of carbonyl (C=O) groups excluding carboxylic acids is 2. The van der Waals surface area contributed by atoms with Crippen LogP contribution >= 0.6 is 0 Å². The summed E-state index contributed by atoms with van der Waals surface area (Å²) >= 11 is 0. The lowest BCUT2D eigenvalue weighted by molar-refractivity contribution is -0.122. The van der Waals surface area contributed by atoms with E-state index in [1.165, 1.54) is 18.6 Å². The van der Waals surface area contributed by atoms with Crippen LogP contribution in [-0.4, -0.2) is 39.3 Å². The van der Waals surface area contributed by atoms with Crippen molar-refractivity contribution in [2.75, 3.05) is 6.54 Å². The van der Waals surface area contributed by atoms with Crippen LogP contribution in [-0.2, 0) is 11.3 Å². The Morgan fingerprint density at radius 1 is 1.28 bits per heavy atom. The molecule has 2 amide bonds. The van der Waals surface area contributed by atoms with Crippen LogP contribution in [0.1, 0.15) is 43.4 Å². The second-order valence-electron chi connectivity index (χ2n) is 6.25. The number of furan rings is 1. The summed E-state index contributed by atoms with van der Waals surface area (Å²) in [5, 5.41) is 2.94. The maximum atomic E-state index is 12.7. The largest absolute Gasteiger partial charge is 0.467 e. The van der Waals surface area contributed by atoms with Crippen molar-refractivity contribution in [3.63, 3.8) is 0 Å². The first kappa shape index (κ1) is 18.6. The smallest absolute Gasteiger partial charge is 0.274 e. The number of carbonyl (C=O) groups is 2. The first-order valence-electron chi connectivity index (χ1n) is 8.34. The highest BCUT2D eigenvalue weighted by molar-refractivity contribution is 5.92. The molecule has 0 saturated heterocycles. The van der Waals surface area contributed by atoms with Gasteiger partial charge in [0.1, 0.15) is 11.5 Å². The molecule has 2 aromatic heterocycles. The van der Waals surface area contributed by atoms with Crippen molar-refractivity contribution in [2.45, 2.75) is 39.8 Å². The number of hydrogen-bond donors (Lipinski definition) is 1. The lowest BCUT2D eigenvalue weighted by Gasteiger charge is -2.22. The van der Waals surface area contributed by atoms with Crippen molar-refractivity contribution in [2.24, 2.45) is 5.92 Å². The summed E-state index contributed by atoms with van der Waals surface area (Å²) in [4.78, 5) is 34.3. The predicted molar refractivity (Wildman–Crippen MR) is 92.5 cm³/mol. The van der Waals surface area contributed by atoms with Gasteiger partial charge in [-0.15, -0.1) is 0 Å². The fraction of sp³-hybridized carbons (Fsp3) is 0.444. The summed E-state index contributed by atoms with van der Waals surface area (Å²) in [5.74, 6) is 0.629. The van der Waals surface area contributed by atoms with E-state index >= 15 is 0 Å². The Hall–Kier alpha value is -2.70. The Morgan fingerprint density at radius 3 is 2.68 bits per heavy atom. The summed E-state index contributed by atoms with van der Waals surface area (Å²) in [6, 6.07) is 3.64. The Morgan fingerprint density at radius 2 is 2.08 bits per heavy atom. The molecule has 0 aliphatic carbocycles. The second-order valence-corrected chi connectivity index (χ2v) is 6.25. The molecule has 0 saturated carbocycles. The van der Waals surface area contributed by atoms with E-state index in [0.717, 1.165) is 0 Å². The summed E-state index contributed by atoms with van der Waals surface area (Å²) < 4.78 is 5.32. The first-order valence-corrected chi connectivity index (χ1v) is 8.34. The van der Waals surface area contributed by atoms with Crippen molar-refractivity contribution in [3.8, 4) is 0 Å². The SMILES string of the molecule is CC(C)[C@H](C)NC(=O)CCN(Cc1ccco1)C(=O)c1cnccn1. The Kier molecular flexibility index (Phi) is 6.68. The standard InChI is InChI=1S/C18H24N4O3/c1-13(2)14(3)21-17(23)6-9-22(12-15-5-4-10-25-15)18(24)16-11-19-7-8-20-16/h4-5,7-8,10-11,13-14H,6,9,12H2,1-3H3,(H,21,23)/t14-/m0/s1. The van der Waals surface area contributed by atoms with Gasteiger partial charge < -0.3 is 14.6 Å². The fourth-order valence-corrected chi connectivity index (χ4v) is 2.14. The maximum absolute atomic E-state index is 12.7. The van der Waals surface area contributed by atoms with Crippen LogP contribution in [0.5, 0.6) is 0 Å². The molecule has 0 fully saturated rings. The quantitative estimate of drug-likeness (QED) is 0.793. The molecule has 7 nitrogen and oxygen atoms in total. The van der Waals surface area contributed by atoms with Crippen LogP contribution in [0.25, 0.3) is 0 Å². The number of hydrogen-bond acceptors (Lipinski definition) is 5. The molecule has 0 aromatic carbocycles. The van der Waals surface area contributed by atoms with E-state index in [0.29, 0.717) is 11.7 Å². The highest BCUT2D eigenvalue weighted by Crippen LogP contribution is 2.10. The molecule has 0 aliphatic heterocycles. The summed E-state index contributed by atoms with van der Waals surface area (Å²) in [6.45, 7) is 6.60. The number of rotatable bonds is 8. The van der Waals surface area contributed by atoms with Gasteiger partial charge in [0, 0.05) is 31.4 Å². The zero-order chi connectivity index (χ0) is 18.2. The zero-order valence-electron chi connectivity index (χ0n) is 14.8. The summed E-state index contributed by atoms with van der Waals surface area (Å²) in [7, 11) is 0. The van der Waals surface area contributed by atoms with Crippen LogP contribution < -0.4 is 5.32 Å². The van der Waals surface area contributed by atoms with Gasteiger partial charge in [-0.3, -0.25) is 14.6 Å². The van der Waals surface area contributed by atoms with Gasteiger partial charge >= 0.3 is 0 Å². The monoisotopic (exact) mass is 344 g/mol. The Balaban J connectivity index is 2.02. The molecule has 0 aliphatic rings. The van der Waals surface area contributed by atoms with Crippen LogP contribution in [0, 0.1) is 5.92 Å². The summed E-state index contributed by atoms with van der Waals surface area (Å²) in [5.41, 5.74) is 0.241. The van der Waals surface area contributed by atoms with Gasteiger partial charge in [-0.1, -0.05) is 13.8 Å². The van der Waals surface area contributed by atoms with Crippen molar-refractivity contribution in [1.29, 1.82) is 0 Å². The molecule has 0 bridgehead atoms. The van der Waals surface area contributed by atoms with Gasteiger partial charge in [0.05, 0.1) is 19.0 Å². The van der Waals surface area contributed by atoms with Crippen LogP contribution in [0.2, 0.25) is 0 Å². The van der Waals surface area contributed by atoms with E-state index in [1.54, 1.807) is 23.3 Å². The van der Waals surface area contributed by atoms with E-state index in [-0.39, 0.29) is 43.1 Å². The predicted octanol–water partition coefficient (Wildman–Crippen LogP) is 2.26. The van der Waals surface area contributed by atoms with Gasteiger partial charge in [-0.05, 0) is 25.0 Å². The number of nitrogens with zero attached hydrogens (tertiary/aromatic N) is 3. The maximum Gasteiger partial charge on any atom is 0.274 e. The molecular weight excluding hydrogens is 320 g/mol. The molecule has 1 N–H and O–H groups in total. The van der Waals surface area contributed by atoms with Gasteiger partial charge in [0.2, 0.25) is 5.91 Å². The number of aromatic nitrogens is 2. The van der Waals surface area contributed by atoms with Gasteiger partial charge in [0.25, 0.3) is 5.91 Å². The highest BCUT2D eigenvalue weighted by Gasteiger charge is 2.20. The van der Waals surface area contributed by atoms with E-state index in [9.17, 15) is 9.59 Å². The molecule has 25 heavy (non-hydrogen) atoms. The highest BCUT2D eigenvalue weighted by atomic mass is 16.3. The molecule has 2 rings (SSSR count). The minimum Gasteiger partial charge on any atom is -0.467 e. The molecule has 2 heterocycles. The molecule has 134 valence electrons. The molecular formula is C18H24N4O3. The van der Waals surface area contributed by atoms with Crippen molar-refractivity contribution in [3.05, 3.63) is 48.4 Å². The average Bonchev–Trinajstić information content (AvgIpc) is 3.11. The van der Waals surface area contributed by atoms with E-state index in [1.807, 2.05) is 20.8 Å². The minimum absolute atomic E-state index is 0.0849. The van der Waals surface area contributed by atoms with E-state index in [2.05, 4.69) is 15.3 Å². The lowest BCUT2D eigenvalue weighted by Crippen LogP contribution is -2.39. The third kappa shape index (κ3) is 5.70. The molecule has 0 radical (unpaired) electrons. The molecule has 1 atom stereocenters. The number of nitrogens with one attached hydrogen (secondary N) is 1. The van der Waals surface area contributed by atoms with Crippen molar-refractivity contribution >= 4 is 11.8 Å². The molecule has 0 spiro atoms. The van der Waals surface area contributed by atoms with Gasteiger partial charge in [0.15, 0.2) is 0 Å². The molecule has 2 aromatic rings. The minimum atomic E-state index is -0.283. The van der Waals surface area contributed by atoms with Crippen LogP contribution in [0.4, 0.5) is 0 Å². The topological polar surface area (TPSA) is 88.3 Å². The van der Waals surface area contributed by atoms with Crippen LogP contribution in [0.15, 0.2) is 41.4 Å². The zero-order valence-corrected chi connectivity index (χ0v) is 14.8. The molecule has 0 unspecified atom stereocenters. The van der Waals surface area contributed by atoms with Crippen molar-refractivity contribution < 1.29 is 14.0 Å². The average molecular weight is 344 g/mol. The Bertz CT molecular complexity index is 671. The lowest BCUT2D eigenvalue weighted by atomic mass is 10.1. The second kappa shape index (κ2) is 8.96. The fourth-order valence-electron chi connectivity index (χ4n) is 2.14. The van der Waals surface area contributed by atoms with E-state index < -0.39 is 0 Å². The third-order valence-electron chi connectivity index (χ3n) is 3.99. The van der Waals surface area contributed by atoms with Crippen LogP contribution in [0.3, 0.4) is 0 Å². The normalized spacial score (nSPS) is 12.0. The molecule has 7 heteroatoms. The van der Waals surface area contributed by atoms with Gasteiger partial charge in [-0.2, -0.15) is 0 Å². The van der Waals surface area contributed by atoms with E-state index in [4.69, 9.17) is 4.42 Å². The number of amides is 2. The first-order chi connectivity index (χ1) is 12.0.